The predicted molar refractivity (Wildman–Crippen MR) is 103 cm³/mol. The molecular weight excluding hydrogens is 344 g/mol. The summed E-state index contributed by atoms with van der Waals surface area (Å²) in [5.74, 6) is 3.08. The normalized spacial score (nSPS) is 20.1. The second kappa shape index (κ2) is 7.82. The number of rotatable bonds is 7. The molecule has 1 atom stereocenters. The van der Waals surface area contributed by atoms with E-state index in [9.17, 15) is 5.11 Å². The number of hydrogen-bond acceptors (Lipinski definition) is 7. The van der Waals surface area contributed by atoms with Gasteiger partial charge in [0.2, 0.25) is 5.95 Å². The molecule has 0 unspecified atom stereocenters. The lowest BCUT2D eigenvalue weighted by Gasteiger charge is -2.36. The van der Waals surface area contributed by atoms with Crippen molar-refractivity contribution in [2.45, 2.75) is 31.3 Å². The van der Waals surface area contributed by atoms with E-state index in [1.165, 1.54) is 0 Å². The second-order valence-corrected chi connectivity index (χ2v) is 7.55. The van der Waals surface area contributed by atoms with E-state index in [0.29, 0.717) is 19.0 Å². The van der Waals surface area contributed by atoms with Gasteiger partial charge >= 0.3 is 0 Å². The fraction of sp³-hybridized carbons (Fsp3) is 0.632. The quantitative estimate of drug-likeness (QED) is 0.775. The Kier molecular flexibility index (Phi) is 5.27. The molecule has 2 aromatic heterocycles. The molecule has 1 N–H and O–H groups in total. The summed E-state index contributed by atoms with van der Waals surface area (Å²) in [6.45, 7) is 3.62. The molecule has 27 heavy (non-hydrogen) atoms. The van der Waals surface area contributed by atoms with Gasteiger partial charge in [0, 0.05) is 71.1 Å². The van der Waals surface area contributed by atoms with Crippen LogP contribution < -0.4 is 9.80 Å². The van der Waals surface area contributed by atoms with Gasteiger partial charge in [-0.3, -0.25) is 0 Å². The number of β-amino-alcohol motifs (C(OH)–C–C–N with tert-alkyl or cyclic N) is 1. The van der Waals surface area contributed by atoms with Gasteiger partial charge in [0.1, 0.15) is 11.6 Å². The van der Waals surface area contributed by atoms with Gasteiger partial charge in [0.25, 0.3) is 0 Å². The molecule has 8 heteroatoms. The summed E-state index contributed by atoms with van der Waals surface area (Å²) in [5.41, 5.74) is 1.05. The minimum atomic E-state index is -0.272. The van der Waals surface area contributed by atoms with E-state index in [0.717, 1.165) is 62.3 Å². The maximum atomic E-state index is 9.63. The zero-order valence-electron chi connectivity index (χ0n) is 16.1. The smallest absolute Gasteiger partial charge is 0.227 e. The first-order chi connectivity index (χ1) is 13.1. The maximum Gasteiger partial charge on any atom is 0.227 e. The molecule has 146 valence electrons. The van der Waals surface area contributed by atoms with Gasteiger partial charge in [-0.25, -0.2) is 9.97 Å². The Hall–Kier alpha value is -2.19. The van der Waals surface area contributed by atoms with Crippen molar-refractivity contribution in [3.63, 3.8) is 0 Å². The Morgan fingerprint density at radius 3 is 2.85 bits per heavy atom. The predicted octanol–water partition coefficient (Wildman–Crippen LogP) is 0.964. The molecule has 0 amide bonds. The lowest BCUT2D eigenvalue weighted by molar-refractivity contribution is 0.140. The van der Waals surface area contributed by atoms with E-state index in [2.05, 4.69) is 27.6 Å². The number of hydrogen-bond donors (Lipinski definition) is 1. The van der Waals surface area contributed by atoms with E-state index in [1.807, 2.05) is 24.3 Å². The largest absolute Gasteiger partial charge is 0.389 e. The summed E-state index contributed by atoms with van der Waals surface area (Å²) in [4.78, 5) is 18.1. The molecule has 2 saturated heterocycles. The summed E-state index contributed by atoms with van der Waals surface area (Å²) in [7, 11) is 4.10. The number of imidazole rings is 1. The number of aromatic nitrogens is 4. The summed E-state index contributed by atoms with van der Waals surface area (Å²) in [5, 5.41) is 9.63. The van der Waals surface area contributed by atoms with Crippen molar-refractivity contribution in [1.29, 1.82) is 0 Å². The maximum absolute atomic E-state index is 9.63. The third kappa shape index (κ3) is 4.06. The van der Waals surface area contributed by atoms with Crippen LogP contribution in [0.5, 0.6) is 0 Å². The Morgan fingerprint density at radius 2 is 2.19 bits per heavy atom. The van der Waals surface area contributed by atoms with Crippen molar-refractivity contribution in [2.24, 2.45) is 7.05 Å². The average Bonchev–Trinajstić information content (AvgIpc) is 3.31. The molecule has 2 fully saturated rings. The van der Waals surface area contributed by atoms with Crippen LogP contribution in [0.15, 0.2) is 18.5 Å². The highest BCUT2D eigenvalue weighted by atomic mass is 16.5. The fourth-order valence-corrected chi connectivity index (χ4v) is 3.60. The summed E-state index contributed by atoms with van der Waals surface area (Å²) >= 11 is 0. The lowest BCUT2D eigenvalue weighted by atomic mass is 10.0. The molecule has 2 aliphatic heterocycles. The van der Waals surface area contributed by atoms with Crippen molar-refractivity contribution in [2.75, 3.05) is 49.7 Å². The Morgan fingerprint density at radius 1 is 1.33 bits per heavy atom. The van der Waals surface area contributed by atoms with Crippen LogP contribution in [0.4, 0.5) is 11.8 Å². The van der Waals surface area contributed by atoms with Gasteiger partial charge in [0.15, 0.2) is 0 Å². The first kappa shape index (κ1) is 18.2. The number of ether oxygens (including phenoxy) is 1. The van der Waals surface area contributed by atoms with Crippen LogP contribution in [0.2, 0.25) is 0 Å². The van der Waals surface area contributed by atoms with E-state index in [-0.39, 0.29) is 6.10 Å². The molecule has 4 rings (SSSR count). The van der Waals surface area contributed by atoms with Gasteiger partial charge < -0.3 is 24.2 Å². The highest BCUT2D eigenvalue weighted by Crippen LogP contribution is 2.29. The fourth-order valence-electron chi connectivity index (χ4n) is 3.60. The number of aliphatic hydroxyl groups is 1. The van der Waals surface area contributed by atoms with Crippen molar-refractivity contribution >= 4 is 11.8 Å². The number of nitrogens with zero attached hydrogens (tertiary/aromatic N) is 6. The summed E-state index contributed by atoms with van der Waals surface area (Å²) < 4.78 is 7.62. The van der Waals surface area contributed by atoms with Crippen molar-refractivity contribution in [1.82, 2.24) is 19.5 Å². The standard InChI is InChI=1S/C19H28N6O2/c1-23(7-3-4-17-20-6-8-24(17)2)18-10-16(14-5-9-27-13-14)21-19(22-18)25-11-15(26)12-25/h6,8,10,14-15,26H,3-5,7,9,11-13H2,1-2H3/t14-/m1/s1. The topological polar surface area (TPSA) is 79.5 Å². The molecule has 2 aliphatic rings. The van der Waals surface area contributed by atoms with Gasteiger partial charge in [-0.2, -0.15) is 4.98 Å². The van der Waals surface area contributed by atoms with E-state index in [1.54, 1.807) is 0 Å². The second-order valence-electron chi connectivity index (χ2n) is 7.55. The zero-order chi connectivity index (χ0) is 18.8. The minimum Gasteiger partial charge on any atom is -0.389 e. The van der Waals surface area contributed by atoms with Crippen LogP contribution in [0.25, 0.3) is 0 Å². The number of anilines is 2. The van der Waals surface area contributed by atoms with Crippen molar-refractivity contribution in [3.05, 3.63) is 30.0 Å². The van der Waals surface area contributed by atoms with Gasteiger partial charge in [-0.1, -0.05) is 0 Å². The average molecular weight is 372 g/mol. The summed E-state index contributed by atoms with van der Waals surface area (Å²) in [6, 6.07) is 2.10. The summed E-state index contributed by atoms with van der Waals surface area (Å²) in [6.07, 6.45) is 6.49. The number of aryl methyl sites for hydroxylation is 2. The lowest BCUT2D eigenvalue weighted by Crippen LogP contribution is -2.51. The molecule has 0 aromatic carbocycles. The number of aliphatic hydroxyl groups excluding tert-OH is 1. The Bertz CT molecular complexity index is 767. The third-order valence-corrected chi connectivity index (χ3v) is 5.42. The van der Waals surface area contributed by atoms with Crippen LogP contribution in [0.3, 0.4) is 0 Å². The van der Waals surface area contributed by atoms with Gasteiger partial charge in [-0.15, -0.1) is 0 Å². The van der Waals surface area contributed by atoms with Crippen LogP contribution in [0.1, 0.15) is 30.3 Å². The van der Waals surface area contributed by atoms with Gasteiger partial charge in [0.05, 0.1) is 18.4 Å². The molecule has 0 radical (unpaired) electrons. The van der Waals surface area contributed by atoms with Crippen LogP contribution in [-0.2, 0) is 18.2 Å². The minimum absolute atomic E-state index is 0.272. The molecule has 0 saturated carbocycles. The molecule has 0 spiro atoms. The van der Waals surface area contributed by atoms with E-state index >= 15 is 0 Å². The van der Waals surface area contributed by atoms with E-state index < -0.39 is 0 Å². The van der Waals surface area contributed by atoms with Crippen molar-refractivity contribution < 1.29 is 9.84 Å². The molecule has 4 heterocycles. The third-order valence-electron chi connectivity index (χ3n) is 5.42. The van der Waals surface area contributed by atoms with Crippen LogP contribution >= 0.6 is 0 Å². The van der Waals surface area contributed by atoms with Crippen molar-refractivity contribution in [3.8, 4) is 0 Å². The molecule has 8 nitrogen and oxygen atoms in total. The van der Waals surface area contributed by atoms with Crippen LogP contribution in [0, 0.1) is 0 Å². The first-order valence-corrected chi connectivity index (χ1v) is 9.67. The molecule has 0 bridgehead atoms. The highest BCUT2D eigenvalue weighted by Gasteiger charge is 2.29. The van der Waals surface area contributed by atoms with E-state index in [4.69, 9.17) is 14.7 Å². The Labute approximate surface area is 159 Å². The zero-order valence-corrected chi connectivity index (χ0v) is 16.1. The van der Waals surface area contributed by atoms with Gasteiger partial charge in [-0.05, 0) is 12.8 Å². The first-order valence-electron chi connectivity index (χ1n) is 9.67. The SMILES string of the molecule is CN(CCCc1nccn1C)c1cc([C@@H]2CCOC2)nc(N2CC(O)C2)n1. The monoisotopic (exact) mass is 372 g/mol. The highest BCUT2D eigenvalue weighted by molar-refractivity contribution is 5.47. The van der Waals surface area contributed by atoms with Crippen LogP contribution in [-0.4, -0.2) is 70.6 Å². The molecular formula is C19H28N6O2. The molecule has 0 aliphatic carbocycles. The molecule has 2 aromatic rings. The Balaban J connectivity index is 1.46.